The lowest BCUT2D eigenvalue weighted by atomic mass is 10.1. The quantitative estimate of drug-likeness (QED) is 0.598. The Hall–Kier alpha value is -3.30. The van der Waals surface area contributed by atoms with Gasteiger partial charge in [-0.25, -0.2) is 4.39 Å². The zero-order valence-electron chi connectivity index (χ0n) is 14.6. The summed E-state index contributed by atoms with van der Waals surface area (Å²) in [5, 5.41) is 4.00. The first-order chi connectivity index (χ1) is 13.3. The third-order valence-corrected chi connectivity index (χ3v) is 3.76. The van der Waals surface area contributed by atoms with Gasteiger partial charge in [-0.2, -0.15) is 18.3 Å². The van der Waals surface area contributed by atoms with Gasteiger partial charge < -0.3 is 9.47 Å². The number of ether oxygens (including phenoxy) is 2. The van der Waals surface area contributed by atoms with E-state index in [0.29, 0.717) is 11.3 Å². The van der Waals surface area contributed by atoms with Gasteiger partial charge in [0.05, 0.1) is 6.20 Å². The summed E-state index contributed by atoms with van der Waals surface area (Å²) < 4.78 is 62.2. The molecule has 6 nitrogen and oxygen atoms in total. The van der Waals surface area contributed by atoms with Crippen molar-refractivity contribution in [1.29, 1.82) is 0 Å². The summed E-state index contributed by atoms with van der Waals surface area (Å²) in [6.07, 6.45) is -0.144. The minimum atomic E-state index is -4.55. The van der Waals surface area contributed by atoms with Gasteiger partial charge in [-0.15, -0.1) is 0 Å². The highest BCUT2D eigenvalue weighted by molar-refractivity contribution is 5.68. The van der Waals surface area contributed by atoms with Gasteiger partial charge in [0, 0.05) is 42.3 Å². The molecular formula is C18H15F4N3O3. The molecule has 0 radical (unpaired) electrons. The molecule has 0 amide bonds. The molecule has 1 aromatic carbocycles. The fourth-order valence-corrected chi connectivity index (χ4v) is 2.54. The highest BCUT2D eigenvalue weighted by atomic mass is 19.4. The molecule has 0 saturated heterocycles. The topological polar surface area (TPSA) is 58.3 Å². The molecule has 0 unspecified atom stereocenters. The molecule has 0 bridgehead atoms. The molecule has 0 aliphatic carbocycles. The van der Waals surface area contributed by atoms with Crippen molar-refractivity contribution in [2.24, 2.45) is 7.05 Å². The predicted octanol–water partition coefficient (Wildman–Crippen LogP) is 3.48. The van der Waals surface area contributed by atoms with E-state index in [1.807, 2.05) is 0 Å². The number of rotatable bonds is 6. The van der Waals surface area contributed by atoms with Crippen LogP contribution in [0.4, 0.5) is 17.6 Å². The lowest BCUT2D eigenvalue weighted by molar-refractivity contribution is -0.153. The molecule has 2 aromatic heterocycles. The lowest BCUT2D eigenvalue weighted by Gasteiger charge is -2.15. The van der Waals surface area contributed by atoms with Crippen molar-refractivity contribution >= 4 is 0 Å². The van der Waals surface area contributed by atoms with Crippen molar-refractivity contribution in [3.8, 4) is 28.3 Å². The first kappa shape index (κ1) is 19.5. The number of nitrogens with zero attached hydrogens (tertiary/aromatic N) is 3. The molecule has 3 aromatic rings. The third-order valence-electron chi connectivity index (χ3n) is 3.76. The van der Waals surface area contributed by atoms with Gasteiger partial charge in [-0.3, -0.25) is 14.0 Å². The molecule has 0 fully saturated rings. The van der Waals surface area contributed by atoms with Crippen LogP contribution in [0.1, 0.15) is 0 Å². The SMILES string of the molecule is Cn1cc(-c2cn(-c3ccc(OCF)cc3)c(=O)cc2OCC(F)(F)F)cn1. The largest absolute Gasteiger partial charge is 0.483 e. The Morgan fingerprint density at radius 3 is 2.39 bits per heavy atom. The van der Waals surface area contributed by atoms with E-state index in [2.05, 4.69) is 5.10 Å². The van der Waals surface area contributed by atoms with E-state index in [9.17, 15) is 22.4 Å². The number of aromatic nitrogens is 3. The second kappa shape index (κ2) is 7.75. The molecule has 0 aliphatic heterocycles. The monoisotopic (exact) mass is 397 g/mol. The zero-order chi connectivity index (χ0) is 20.3. The molecule has 28 heavy (non-hydrogen) atoms. The van der Waals surface area contributed by atoms with Crippen LogP contribution in [-0.4, -0.2) is 34.0 Å². The van der Waals surface area contributed by atoms with Gasteiger partial charge >= 0.3 is 6.18 Å². The van der Waals surface area contributed by atoms with E-state index >= 15 is 0 Å². The summed E-state index contributed by atoms with van der Waals surface area (Å²) in [4.78, 5) is 12.5. The van der Waals surface area contributed by atoms with Crippen LogP contribution < -0.4 is 15.0 Å². The van der Waals surface area contributed by atoms with Crippen LogP contribution in [0.5, 0.6) is 11.5 Å². The molecule has 0 atom stereocenters. The summed E-state index contributed by atoms with van der Waals surface area (Å²) in [5.74, 6) is 0.0703. The Kier molecular flexibility index (Phi) is 5.39. The van der Waals surface area contributed by atoms with Crippen LogP contribution in [0.3, 0.4) is 0 Å². The summed E-state index contributed by atoms with van der Waals surface area (Å²) in [6.45, 7) is -2.52. The van der Waals surface area contributed by atoms with Gasteiger partial charge in [0.2, 0.25) is 6.86 Å². The molecule has 0 spiro atoms. The maximum absolute atomic E-state index is 12.6. The smallest absolute Gasteiger partial charge is 0.422 e. The van der Waals surface area contributed by atoms with Crippen molar-refractivity contribution in [2.45, 2.75) is 6.18 Å². The molecule has 148 valence electrons. The molecule has 0 aliphatic rings. The van der Waals surface area contributed by atoms with Crippen molar-refractivity contribution < 1.29 is 27.0 Å². The number of pyridine rings is 1. The summed E-state index contributed by atoms with van der Waals surface area (Å²) in [7, 11) is 1.65. The fraction of sp³-hybridized carbons (Fsp3) is 0.222. The van der Waals surface area contributed by atoms with Crippen LogP contribution in [0.25, 0.3) is 16.8 Å². The van der Waals surface area contributed by atoms with E-state index in [-0.39, 0.29) is 17.1 Å². The van der Waals surface area contributed by atoms with Gasteiger partial charge in [-0.1, -0.05) is 0 Å². The number of halogens is 4. The molecule has 3 rings (SSSR count). The first-order valence-electron chi connectivity index (χ1n) is 8.01. The van der Waals surface area contributed by atoms with Crippen LogP contribution in [-0.2, 0) is 7.05 Å². The Labute approximate surface area is 156 Å². The van der Waals surface area contributed by atoms with Crippen molar-refractivity contribution in [2.75, 3.05) is 13.5 Å². The van der Waals surface area contributed by atoms with Crippen LogP contribution in [0.2, 0.25) is 0 Å². The minimum Gasteiger partial charge on any atom is -0.483 e. The molecular weight excluding hydrogens is 382 g/mol. The van der Waals surface area contributed by atoms with Crippen molar-refractivity contribution in [3.05, 3.63) is 59.3 Å². The Balaban J connectivity index is 2.06. The molecule has 10 heteroatoms. The highest BCUT2D eigenvalue weighted by Crippen LogP contribution is 2.30. The van der Waals surface area contributed by atoms with Gasteiger partial charge in [0.25, 0.3) is 5.56 Å². The van der Waals surface area contributed by atoms with Crippen LogP contribution in [0.15, 0.2) is 53.7 Å². The summed E-state index contributed by atoms with van der Waals surface area (Å²) in [5.41, 5.74) is 0.569. The van der Waals surface area contributed by atoms with Gasteiger partial charge in [0.15, 0.2) is 6.61 Å². The molecule has 2 heterocycles. The minimum absolute atomic E-state index is 0.205. The maximum Gasteiger partial charge on any atom is 0.422 e. The predicted molar refractivity (Wildman–Crippen MR) is 92.4 cm³/mol. The van der Waals surface area contributed by atoms with Crippen molar-refractivity contribution in [3.63, 3.8) is 0 Å². The van der Waals surface area contributed by atoms with E-state index in [4.69, 9.17) is 9.47 Å². The number of benzene rings is 1. The number of hydrogen-bond donors (Lipinski definition) is 0. The molecule has 0 saturated carbocycles. The Morgan fingerprint density at radius 1 is 1.11 bits per heavy atom. The highest BCUT2D eigenvalue weighted by Gasteiger charge is 2.29. The van der Waals surface area contributed by atoms with E-state index in [1.165, 1.54) is 45.9 Å². The van der Waals surface area contributed by atoms with E-state index < -0.39 is 25.2 Å². The fourth-order valence-electron chi connectivity index (χ4n) is 2.54. The second-order valence-corrected chi connectivity index (χ2v) is 5.81. The molecule has 0 N–H and O–H groups in total. The van der Waals surface area contributed by atoms with Gasteiger partial charge in [-0.05, 0) is 24.3 Å². The number of hydrogen-bond acceptors (Lipinski definition) is 4. The zero-order valence-corrected chi connectivity index (χ0v) is 14.6. The Morgan fingerprint density at radius 2 is 1.82 bits per heavy atom. The average molecular weight is 397 g/mol. The normalized spacial score (nSPS) is 11.5. The second-order valence-electron chi connectivity index (χ2n) is 5.81. The third kappa shape index (κ3) is 4.51. The number of aryl methyl sites for hydroxylation is 1. The van der Waals surface area contributed by atoms with Crippen molar-refractivity contribution in [1.82, 2.24) is 14.3 Å². The number of alkyl halides is 4. The Bertz CT molecular complexity index is 1010. The lowest BCUT2D eigenvalue weighted by Crippen LogP contribution is -2.22. The summed E-state index contributed by atoms with van der Waals surface area (Å²) >= 11 is 0. The first-order valence-corrected chi connectivity index (χ1v) is 8.01. The summed E-state index contributed by atoms with van der Waals surface area (Å²) in [6, 6.07) is 6.98. The maximum atomic E-state index is 12.6. The van der Waals surface area contributed by atoms with E-state index in [0.717, 1.165) is 6.07 Å². The van der Waals surface area contributed by atoms with Crippen LogP contribution in [0, 0.1) is 0 Å². The van der Waals surface area contributed by atoms with Gasteiger partial charge in [0.1, 0.15) is 11.5 Å². The standard InChI is InChI=1S/C18H15F4N3O3/c1-24-8-12(7-23-24)15-9-25(13-2-4-14(5-3-13)28-11-19)17(26)6-16(15)27-10-18(20,21)22/h2-9H,10-11H2,1H3. The van der Waals surface area contributed by atoms with Crippen LogP contribution >= 0.6 is 0 Å². The van der Waals surface area contributed by atoms with E-state index in [1.54, 1.807) is 13.2 Å². The average Bonchev–Trinajstić information content (AvgIpc) is 3.07.